The van der Waals surface area contributed by atoms with Crippen molar-refractivity contribution in [2.45, 2.75) is 38.5 Å². The largest absolute Gasteiger partial charge is 0.293 e. The van der Waals surface area contributed by atoms with Crippen LogP contribution in [0.15, 0.2) is 40.3 Å². The molecule has 1 aliphatic heterocycles. The Morgan fingerprint density at radius 2 is 1.67 bits per heavy atom. The number of ketones is 1. The summed E-state index contributed by atoms with van der Waals surface area (Å²) in [6, 6.07) is 6.73. The third-order valence-electron chi connectivity index (χ3n) is 3.93. The maximum atomic E-state index is 12.6. The van der Waals surface area contributed by atoms with Crippen molar-refractivity contribution in [2.24, 2.45) is 0 Å². The molecule has 0 saturated carbocycles. The summed E-state index contributed by atoms with van der Waals surface area (Å²) in [6.07, 6.45) is 1.58. The van der Waals surface area contributed by atoms with Gasteiger partial charge in [0.25, 0.3) is 0 Å². The van der Waals surface area contributed by atoms with Gasteiger partial charge < -0.3 is 0 Å². The van der Waals surface area contributed by atoms with E-state index < -0.39 is 10.0 Å². The average molecular weight is 307 g/mol. The van der Waals surface area contributed by atoms with Crippen LogP contribution in [0.5, 0.6) is 0 Å². The first kappa shape index (κ1) is 15.9. The highest BCUT2D eigenvalue weighted by molar-refractivity contribution is 7.89. The SMILES string of the molecule is CCC(CC)=C1CN(S(=O)(=O)c2ccc(C)cc2)CC1=O. The van der Waals surface area contributed by atoms with Crippen LogP contribution in [0.2, 0.25) is 0 Å². The van der Waals surface area contributed by atoms with Gasteiger partial charge in [0, 0.05) is 12.1 Å². The van der Waals surface area contributed by atoms with E-state index in [0.717, 1.165) is 24.0 Å². The summed E-state index contributed by atoms with van der Waals surface area (Å²) < 4.78 is 26.5. The summed E-state index contributed by atoms with van der Waals surface area (Å²) in [7, 11) is -3.59. The van der Waals surface area contributed by atoms with Crippen LogP contribution in [0, 0.1) is 6.92 Å². The molecule has 0 atom stereocenters. The topological polar surface area (TPSA) is 54.5 Å². The Labute approximate surface area is 126 Å². The average Bonchev–Trinajstić information content (AvgIpc) is 2.84. The first-order valence-electron chi connectivity index (χ1n) is 7.21. The lowest BCUT2D eigenvalue weighted by Gasteiger charge is -2.15. The summed E-state index contributed by atoms with van der Waals surface area (Å²) >= 11 is 0. The fourth-order valence-corrected chi connectivity index (χ4v) is 3.96. The Kier molecular flexibility index (Phi) is 4.64. The van der Waals surface area contributed by atoms with Gasteiger partial charge >= 0.3 is 0 Å². The molecule has 0 spiro atoms. The third-order valence-corrected chi connectivity index (χ3v) is 5.74. The summed E-state index contributed by atoms with van der Waals surface area (Å²) in [5, 5.41) is 0. The molecule has 0 aromatic heterocycles. The molecule has 0 radical (unpaired) electrons. The number of benzene rings is 1. The van der Waals surface area contributed by atoms with Crippen molar-refractivity contribution in [2.75, 3.05) is 13.1 Å². The Hall–Kier alpha value is -1.46. The van der Waals surface area contributed by atoms with Gasteiger partial charge in [0.2, 0.25) is 10.0 Å². The van der Waals surface area contributed by atoms with Crippen molar-refractivity contribution in [3.05, 3.63) is 41.0 Å². The number of Topliss-reactive ketones (excluding diaryl/α,β-unsaturated/α-hetero) is 1. The van der Waals surface area contributed by atoms with E-state index in [9.17, 15) is 13.2 Å². The molecular weight excluding hydrogens is 286 g/mol. The van der Waals surface area contributed by atoms with Crippen LogP contribution in [-0.4, -0.2) is 31.6 Å². The highest BCUT2D eigenvalue weighted by Crippen LogP contribution is 2.26. The zero-order valence-electron chi connectivity index (χ0n) is 12.7. The molecular formula is C16H21NO3S. The Morgan fingerprint density at radius 3 is 2.19 bits per heavy atom. The van der Waals surface area contributed by atoms with Gasteiger partial charge in [-0.15, -0.1) is 0 Å². The second kappa shape index (κ2) is 6.12. The van der Waals surface area contributed by atoms with E-state index in [4.69, 9.17) is 0 Å². The van der Waals surface area contributed by atoms with Crippen molar-refractivity contribution in [3.8, 4) is 0 Å². The van der Waals surface area contributed by atoms with Gasteiger partial charge in [-0.2, -0.15) is 4.31 Å². The van der Waals surface area contributed by atoms with Crippen molar-refractivity contribution >= 4 is 15.8 Å². The predicted octanol–water partition coefficient (Wildman–Crippen LogP) is 2.69. The predicted molar refractivity (Wildman–Crippen MR) is 82.6 cm³/mol. The maximum Gasteiger partial charge on any atom is 0.243 e. The number of rotatable bonds is 4. The molecule has 1 saturated heterocycles. The minimum atomic E-state index is -3.59. The van der Waals surface area contributed by atoms with Crippen LogP contribution < -0.4 is 0 Å². The molecule has 114 valence electrons. The number of nitrogens with zero attached hydrogens (tertiary/aromatic N) is 1. The van der Waals surface area contributed by atoms with Crippen LogP contribution >= 0.6 is 0 Å². The number of aryl methyl sites for hydroxylation is 1. The van der Waals surface area contributed by atoms with Gasteiger partial charge in [0.15, 0.2) is 5.78 Å². The highest BCUT2D eigenvalue weighted by atomic mass is 32.2. The van der Waals surface area contributed by atoms with Crippen molar-refractivity contribution in [1.82, 2.24) is 4.31 Å². The molecule has 0 aliphatic carbocycles. The van der Waals surface area contributed by atoms with Gasteiger partial charge in [-0.25, -0.2) is 8.42 Å². The Bertz CT molecular complexity index is 666. The smallest absolute Gasteiger partial charge is 0.243 e. The van der Waals surface area contributed by atoms with Crippen LogP contribution in [0.25, 0.3) is 0 Å². The van der Waals surface area contributed by atoms with Gasteiger partial charge in [-0.1, -0.05) is 37.1 Å². The normalized spacial score (nSPS) is 16.5. The molecule has 5 heteroatoms. The number of allylic oxidation sites excluding steroid dienone is 1. The second-order valence-electron chi connectivity index (χ2n) is 5.30. The van der Waals surface area contributed by atoms with Crippen LogP contribution in [0.1, 0.15) is 32.3 Å². The van der Waals surface area contributed by atoms with Crippen molar-refractivity contribution < 1.29 is 13.2 Å². The molecule has 0 N–H and O–H groups in total. The lowest BCUT2D eigenvalue weighted by atomic mass is 10.0. The van der Waals surface area contributed by atoms with E-state index in [1.807, 2.05) is 20.8 Å². The van der Waals surface area contributed by atoms with Gasteiger partial charge in [0.05, 0.1) is 11.4 Å². The number of carbonyl (C=O) groups excluding carboxylic acids is 1. The number of hydrogen-bond donors (Lipinski definition) is 0. The summed E-state index contributed by atoms with van der Waals surface area (Å²) in [4.78, 5) is 12.4. The number of sulfonamides is 1. The molecule has 2 rings (SSSR count). The van der Waals surface area contributed by atoms with Crippen LogP contribution in [-0.2, 0) is 14.8 Å². The monoisotopic (exact) mass is 307 g/mol. The molecule has 1 fully saturated rings. The van der Waals surface area contributed by atoms with E-state index in [-0.39, 0.29) is 23.8 Å². The lowest BCUT2D eigenvalue weighted by molar-refractivity contribution is -0.114. The molecule has 1 aliphatic rings. The summed E-state index contributed by atoms with van der Waals surface area (Å²) in [5.74, 6) is -0.0654. The van der Waals surface area contributed by atoms with E-state index in [0.29, 0.717) is 5.57 Å². The molecule has 4 nitrogen and oxygen atoms in total. The standard InChI is InChI=1S/C16H21NO3S/c1-4-13(5-2)15-10-17(11-16(15)18)21(19,20)14-8-6-12(3)7-9-14/h6-9H,4-5,10-11H2,1-3H3. The minimum absolute atomic E-state index is 0.0466. The van der Waals surface area contributed by atoms with E-state index in [2.05, 4.69) is 0 Å². The molecule has 0 amide bonds. The molecule has 1 aromatic rings. The summed E-state index contributed by atoms with van der Waals surface area (Å²) in [5.41, 5.74) is 2.74. The molecule has 0 bridgehead atoms. The van der Waals surface area contributed by atoms with Crippen LogP contribution in [0.4, 0.5) is 0 Å². The summed E-state index contributed by atoms with van der Waals surface area (Å²) in [6.45, 7) is 6.05. The zero-order chi connectivity index (χ0) is 15.6. The third kappa shape index (κ3) is 3.09. The molecule has 1 aromatic carbocycles. The number of hydrogen-bond acceptors (Lipinski definition) is 3. The highest BCUT2D eigenvalue weighted by Gasteiger charge is 2.35. The molecule has 0 unspecified atom stereocenters. The minimum Gasteiger partial charge on any atom is -0.293 e. The van der Waals surface area contributed by atoms with Crippen LogP contribution in [0.3, 0.4) is 0 Å². The quantitative estimate of drug-likeness (QED) is 0.804. The maximum absolute atomic E-state index is 12.6. The molecule has 21 heavy (non-hydrogen) atoms. The first-order valence-corrected chi connectivity index (χ1v) is 8.65. The van der Waals surface area contributed by atoms with Gasteiger partial charge in [-0.3, -0.25) is 4.79 Å². The second-order valence-corrected chi connectivity index (χ2v) is 7.24. The van der Waals surface area contributed by atoms with Gasteiger partial charge in [-0.05, 0) is 31.9 Å². The van der Waals surface area contributed by atoms with Crippen molar-refractivity contribution in [1.29, 1.82) is 0 Å². The van der Waals surface area contributed by atoms with E-state index >= 15 is 0 Å². The first-order chi connectivity index (χ1) is 9.90. The van der Waals surface area contributed by atoms with Gasteiger partial charge in [0.1, 0.15) is 0 Å². The zero-order valence-corrected chi connectivity index (χ0v) is 13.5. The fraction of sp³-hybridized carbons (Fsp3) is 0.438. The fourth-order valence-electron chi connectivity index (χ4n) is 2.59. The lowest BCUT2D eigenvalue weighted by Crippen LogP contribution is -2.29. The molecule has 1 heterocycles. The number of carbonyl (C=O) groups is 1. The van der Waals surface area contributed by atoms with E-state index in [1.54, 1.807) is 24.3 Å². The van der Waals surface area contributed by atoms with E-state index in [1.165, 1.54) is 4.31 Å². The Balaban J connectivity index is 2.34. The van der Waals surface area contributed by atoms with Crippen molar-refractivity contribution in [3.63, 3.8) is 0 Å². The Morgan fingerprint density at radius 1 is 1.10 bits per heavy atom.